The molecular weight excluding hydrogens is 321 g/mol. The van der Waals surface area contributed by atoms with Gasteiger partial charge in [0.2, 0.25) is 5.91 Å². The molecule has 3 N–H and O–H groups in total. The van der Waals surface area contributed by atoms with E-state index in [1.54, 1.807) is 24.3 Å². The Morgan fingerprint density at radius 2 is 1.80 bits per heavy atom. The first-order chi connectivity index (χ1) is 9.52. The van der Waals surface area contributed by atoms with Crippen LogP contribution in [0.15, 0.2) is 24.3 Å². The molecule has 1 aromatic carbocycles. The van der Waals surface area contributed by atoms with Crippen molar-refractivity contribution < 1.29 is 9.59 Å². The highest BCUT2D eigenvalue weighted by molar-refractivity contribution is 7.80. The molecular formula is C12H13Cl2N3O2S. The predicted molar refractivity (Wildman–Crippen MR) is 82.7 cm³/mol. The summed E-state index contributed by atoms with van der Waals surface area (Å²) in [5.41, 5.74) is 5.22. The van der Waals surface area contributed by atoms with Gasteiger partial charge in [0.25, 0.3) is 5.91 Å². The summed E-state index contributed by atoms with van der Waals surface area (Å²) in [6.45, 7) is 0. The highest BCUT2D eigenvalue weighted by atomic mass is 35.5. The van der Waals surface area contributed by atoms with Crippen LogP contribution in [0.3, 0.4) is 0 Å². The second kappa shape index (κ2) is 8.73. The van der Waals surface area contributed by atoms with Crippen molar-refractivity contribution in [1.82, 2.24) is 16.2 Å². The molecule has 1 aromatic rings. The van der Waals surface area contributed by atoms with Crippen LogP contribution < -0.4 is 16.2 Å². The molecule has 0 unspecified atom stereocenters. The molecule has 0 aliphatic rings. The Bertz CT molecular complexity index is 494. The Morgan fingerprint density at radius 3 is 2.40 bits per heavy atom. The van der Waals surface area contributed by atoms with Crippen molar-refractivity contribution in [3.63, 3.8) is 0 Å². The van der Waals surface area contributed by atoms with E-state index in [4.69, 9.17) is 35.4 Å². The molecule has 8 heteroatoms. The third-order valence-electron chi connectivity index (χ3n) is 2.19. The summed E-state index contributed by atoms with van der Waals surface area (Å²) in [5, 5.41) is 2.98. The third-order valence-corrected chi connectivity index (χ3v) is 2.91. The highest BCUT2D eigenvalue weighted by Crippen LogP contribution is 2.08. The molecule has 0 spiro atoms. The molecule has 0 radical (unpaired) electrons. The fourth-order valence-electron chi connectivity index (χ4n) is 1.23. The lowest BCUT2D eigenvalue weighted by atomic mass is 10.2. The van der Waals surface area contributed by atoms with E-state index < -0.39 is 0 Å². The molecule has 0 atom stereocenters. The monoisotopic (exact) mass is 333 g/mol. The van der Waals surface area contributed by atoms with Crippen LogP contribution in [0.25, 0.3) is 0 Å². The Kier molecular flexibility index (Phi) is 7.28. The number of hydrogen-bond donors (Lipinski definition) is 3. The maximum Gasteiger partial charge on any atom is 0.269 e. The first kappa shape index (κ1) is 16.7. The lowest BCUT2D eigenvalue weighted by Crippen LogP contribution is -2.48. The minimum absolute atomic E-state index is 0.0203. The molecule has 0 aliphatic heterocycles. The van der Waals surface area contributed by atoms with E-state index in [0.717, 1.165) is 0 Å². The van der Waals surface area contributed by atoms with Crippen molar-refractivity contribution in [1.29, 1.82) is 0 Å². The van der Waals surface area contributed by atoms with Gasteiger partial charge >= 0.3 is 0 Å². The molecule has 5 nitrogen and oxygen atoms in total. The van der Waals surface area contributed by atoms with Crippen LogP contribution in [-0.2, 0) is 4.79 Å². The van der Waals surface area contributed by atoms with Crippen LogP contribution in [-0.4, -0.2) is 22.8 Å². The molecule has 0 fully saturated rings. The predicted octanol–water partition coefficient (Wildman–Crippen LogP) is 1.99. The molecule has 0 saturated carbocycles. The van der Waals surface area contributed by atoms with Gasteiger partial charge in [-0.15, -0.1) is 11.6 Å². The largest absolute Gasteiger partial charge is 0.302 e. The lowest BCUT2D eigenvalue weighted by Gasteiger charge is -2.10. The van der Waals surface area contributed by atoms with E-state index in [1.807, 2.05) is 0 Å². The van der Waals surface area contributed by atoms with Gasteiger partial charge in [0.15, 0.2) is 5.11 Å². The highest BCUT2D eigenvalue weighted by Gasteiger charge is 2.07. The Balaban J connectivity index is 2.35. The van der Waals surface area contributed by atoms with Crippen molar-refractivity contribution >= 4 is 52.3 Å². The number of carbonyl (C=O) groups is 2. The third kappa shape index (κ3) is 6.18. The molecule has 1 rings (SSSR count). The van der Waals surface area contributed by atoms with Gasteiger partial charge in [0, 0.05) is 22.9 Å². The second-order valence-electron chi connectivity index (χ2n) is 3.76. The topological polar surface area (TPSA) is 70.2 Å². The van der Waals surface area contributed by atoms with E-state index in [-0.39, 0.29) is 23.3 Å². The van der Waals surface area contributed by atoms with Gasteiger partial charge < -0.3 is 5.32 Å². The van der Waals surface area contributed by atoms with Crippen molar-refractivity contribution in [3.8, 4) is 0 Å². The summed E-state index contributed by atoms with van der Waals surface area (Å²) in [6.07, 6.45) is 0.837. The summed E-state index contributed by atoms with van der Waals surface area (Å²) >= 11 is 16.0. The van der Waals surface area contributed by atoms with Crippen LogP contribution >= 0.6 is 35.4 Å². The number of rotatable bonds is 4. The smallest absolute Gasteiger partial charge is 0.269 e. The normalized spacial score (nSPS) is 9.70. The Labute approximate surface area is 132 Å². The Morgan fingerprint density at radius 1 is 1.15 bits per heavy atom. The molecule has 108 valence electrons. The maximum absolute atomic E-state index is 11.7. The number of halogens is 2. The van der Waals surface area contributed by atoms with Gasteiger partial charge in [-0.25, -0.2) is 0 Å². The number of thiocarbonyl (C=S) groups is 1. The molecule has 0 bridgehead atoms. The van der Waals surface area contributed by atoms with Crippen molar-refractivity contribution in [3.05, 3.63) is 34.9 Å². The average molecular weight is 334 g/mol. The standard InChI is InChI=1S/C12H13Cl2N3O2S/c13-7-1-2-10(18)15-12(20)17-16-11(19)8-3-5-9(14)6-4-8/h3-6H,1-2,7H2,(H,16,19)(H2,15,17,18,20). The SMILES string of the molecule is O=C(CCCCl)NC(=S)NNC(=O)c1ccc(Cl)cc1. The molecule has 20 heavy (non-hydrogen) atoms. The van der Waals surface area contributed by atoms with E-state index in [2.05, 4.69) is 16.2 Å². The maximum atomic E-state index is 11.7. The number of hydrazine groups is 1. The number of amides is 2. The number of benzene rings is 1. The zero-order valence-corrected chi connectivity index (χ0v) is 12.7. The fourth-order valence-corrected chi connectivity index (χ4v) is 1.66. The zero-order valence-electron chi connectivity index (χ0n) is 10.4. The Hall–Kier alpha value is -1.37. The average Bonchev–Trinajstić information content (AvgIpc) is 2.43. The van der Waals surface area contributed by atoms with Gasteiger partial charge in [-0.2, -0.15) is 0 Å². The molecule has 0 heterocycles. The molecule has 0 aromatic heterocycles. The number of hydrogen-bond acceptors (Lipinski definition) is 3. The number of alkyl halides is 1. The van der Waals surface area contributed by atoms with E-state index >= 15 is 0 Å². The quantitative estimate of drug-likeness (QED) is 0.447. The summed E-state index contributed by atoms with van der Waals surface area (Å²) in [5.74, 6) is -0.246. The first-order valence-electron chi connectivity index (χ1n) is 5.74. The first-order valence-corrected chi connectivity index (χ1v) is 7.06. The lowest BCUT2D eigenvalue weighted by molar-refractivity contribution is -0.119. The minimum Gasteiger partial charge on any atom is -0.302 e. The fraction of sp³-hybridized carbons (Fsp3) is 0.250. The van der Waals surface area contributed by atoms with Gasteiger partial charge in [-0.1, -0.05) is 11.6 Å². The van der Waals surface area contributed by atoms with Gasteiger partial charge in [0.1, 0.15) is 0 Å². The van der Waals surface area contributed by atoms with Crippen molar-refractivity contribution in [2.75, 3.05) is 5.88 Å². The summed E-state index contributed by atoms with van der Waals surface area (Å²) in [7, 11) is 0. The van der Waals surface area contributed by atoms with Crippen molar-refractivity contribution in [2.24, 2.45) is 0 Å². The summed E-state index contributed by atoms with van der Waals surface area (Å²) in [4.78, 5) is 23.1. The van der Waals surface area contributed by atoms with Crippen LogP contribution in [0.4, 0.5) is 0 Å². The van der Waals surface area contributed by atoms with Crippen LogP contribution in [0.5, 0.6) is 0 Å². The molecule has 0 aliphatic carbocycles. The molecule has 2 amide bonds. The summed E-state index contributed by atoms with van der Waals surface area (Å²) < 4.78 is 0. The van der Waals surface area contributed by atoms with Crippen LogP contribution in [0.1, 0.15) is 23.2 Å². The van der Waals surface area contributed by atoms with Gasteiger partial charge in [-0.3, -0.25) is 20.4 Å². The van der Waals surface area contributed by atoms with Crippen molar-refractivity contribution in [2.45, 2.75) is 12.8 Å². The number of nitrogens with one attached hydrogen (secondary N) is 3. The minimum atomic E-state index is -0.390. The zero-order chi connectivity index (χ0) is 15.0. The van der Waals surface area contributed by atoms with Gasteiger partial charge in [-0.05, 0) is 42.9 Å². The summed E-state index contributed by atoms with van der Waals surface area (Å²) in [6, 6.07) is 6.34. The van der Waals surface area contributed by atoms with E-state index in [1.165, 1.54) is 0 Å². The van der Waals surface area contributed by atoms with E-state index in [9.17, 15) is 9.59 Å². The molecule has 0 saturated heterocycles. The van der Waals surface area contributed by atoms with Gasteiger partial charge in [0.05, 0.1) is 0 Å². The second-order valence-corrected chi connectivity index (χ2v) is 4.98. The number of carbonyl (C=O) groups excluding carboxylic acids is 2. The van der Waals surface area contributed by atoms with E-state index in [0.29, 0.717) is 22.9 Å². The van der Waals surface area contributed by atoms with Crippen LogP contribution in [0, 0.1) is 0 Å². The van der Waals surface area contributed by atoms with Crippen LogP contribution in [0.2, 0.25) is 5.02 Å².